The van der Waals surface area contributed by atoms with Crippen molar-refractivity contribution in [2.45, 2.75) is 6.42 Å². The topological polar surface area (TPSA) is 6.48 Å². The first kappa shape index (κ1) is 13.4. The maximum atomic E-state index is 3.91. The molecule has 1 rings (SSSR count). The lowest BCUT2D eigenvalue weighted by molar-refractivity contribution is 0.554. The molecule has 0 N–H and O–H groups in total. The van der Waals surface area contributed by atoms with Gasteiger partial charge in [0.15, 0.2) is 0 Å². The Balaban J connectivity index is 3.24. The number of nitrogens with zero attached hydrogens (tertiary/aromatic N) is 2. The molecule has 92 valence electrons. The SMILES string of the molecule is C=CC1=C(C=C)C(=C\N(C)C)/C/C1=C/N(C)C. The summed E-state index contributed by atoms with van der Waals surface area (Å²) in [6.07, 6.45) is 9.08. The van der Waals surface area contributed by atoms with Gasteiger partial charge in [-0.15, -0.1) is 0 Å². The van der Waals surface area contributed by atoms with E-state index in [1.165, 1.54) is 22.3 Å². The van der Waals surface area contributed by atoms with Gasteiger partial charge in [0.05, 0.1) is 0 Å². The third-order valence-electron chi connectivity index (χ3n) is 2.60. The molecule has 0 heterocycles. The fourth-order valence-corrected chi connectivity index (χ4v) is 2.08. The minimum atomic E-state index is 0.944. The van der Waals surface area contributed by atoms with E-state index in [1.54, 1.807) is 0 Å². The van der Waals surface area contributed by atoms with Gasteiger partial charge in [-0.25, -0.2) is 0 Å². The van der Waals surface area contributed by atoms with Crippen LogP contribution in [0.3, 0.4) is 0 Å². The molecule has 0 amide bonds. The molecule has 17 heavy (non-hydrogen) atoms. The Bertz CT molecular complexity index is 369. The summed E-state index contributed by atoms with van der Waals surface area (Å²) < 4.78 is 0. The zero-order valence-electron chi connectivity index (χ0n) is 11.3. The van der Waals surface area contributed by atoms with E-state index < -0.39 is 0 Å². The molecule has 0 atom stereocenters. The molecule has 1 aliphatic carbocycles. The molecular weight excluding hydrogens is 208 g/mol. The van der Waals surface area contributed by atoms with Crippen LogP contribution in [-0.4, -0.2) is 38.0 Å². The molecule has 0 aliphatic heterocycles. The number of hydrogen-bond donors (Lipinski definition) is 0. The maximum Gasteiger partial charge on any atom is 0.00557 e. The van der Waals surface area contributed by atoms with Gasteiger partial charge in [-0.2, -0.15) is 0 Å². The first-order valence-corrected chi connectivity index (χ1v) is 5.73. The predicted octanol–water partition coefficient (Wildman–Crippen LogP) is 2.95. The Morgan fingerprint density at radius 1 is 0.824 bits per heavy atom. The first-order chi connectivity index (χ1) is 7.99. The molecule has 1 aliphatic rings. The smallest absolute Gasteiger partial charge is 0.00557 e. The van der Waals surface area contributed by atoms with E-state index in [4.69, 9.17) is 0 Å². The van der Waals surface area contributed by atoms with Crippen LogP contribution in [0.5, 0.6) is 0 Å². The molecule has 0 saturated carbocycles. The lowest BCUT2D eigenvalue weighted by Gasteiger charge is -2.09. The van der Waals surface area contributed by atoms with Gasteiger partial charge >= 0.3 is 0 Å². The predicted molar refractivity (Wildman–Crippen MR) is 75.6 cm³/mol. The largest absolute Gasteiger partial charge is 0.383 e. The number of allylic oxidation sites excluding steroid dienone is 6. The first-order valence-electron chi connectivity index (χ1n) is 5.73. The summed E-state index contributed by atoms with van der Waals surface area (Å²) in [5.41, 5.74) is 4.99. The fourth-order valence-electron chi connectivity index (χ4n) is 2.08. The molecule has 0 aromatic rings. The van der Waals surface area contributed by atoms with E-state index >= 15 is 0 Å². The Morgan fingerprint density at radius 2 is 1.18 bits per heavy atom. The molecule has 0 aromatic heterocycles. The summed E-state index contributed by atoms with van der Waals surface area (Å²) in [5, 5.41) is 0. The second kappa shape index (κ2) is 5.58. The molecule has 2 nitrogen and oxygen atoms in total. The average molecular weight is 230 g/mol. The highest BCUT2D eigenvalue weighted by Gasteiger charge is 2.20. The zero-order chi connectivity index (χ0) is 13.0. The summed E-state index contributed by atoms with van der Waals surface area (Å²) in [6.45, 7) is 7.81. The van der Waals surface area contributed by atoms with Gasteiger partial charge < -0.3 is 9.80 Å². The van der Waals surface area contributed by atoms with Gasteiger partial charge in [0.1, 0.15) is 0 Å². The zero-order valence-corrected chi connectivity index (χ0v) is 11.3. The van der Waals surface area contributed by atoms with E-state index in [0.717, 1.165) is 6.42 Å². The Labute approximate surface area is 105 Å². The Morgan fingerprint density at radius 3 is 1.41 bits per heavy atom. The quantitative estimate of drug-likeness (QED) is 0.732. The molecule has 0 bridgehead atoms. The van der Waals surface area contributed by atoms with E-state index in [2.05, 4.69) is 35.4 Å². The summed E-state index contributed by atoms with van der Waals surface area (Å²) >= 11 is 0. The van der Waals surface area contributed by atoms with Crippen molar-refractivity contribution in [2.75, 3.05) is 28.2 Å². The van der Waals surface area contributed by atoms with Crippen LogP contribution in [0, 0.1) is 0 Å². The summed E-state index contributed by atoms with van der Waals surface area (Å²) in [6, 6.07) is 0. The standard InChI is InChI=1S/C15H22N2/c1-7-14-12(10-16(3)4)9-13(11-17(5)6)15(14)8-2/h7-8,10-11H,1-2,9H2,3-6H3/b12-10-,13-11-. The van der Waals surface area contributed by atoms with Gasteiger partial charge in [0, 0.05) is 47.0 Å². The van der Waals surface area contributed by atoms with Crippen LogP contribution in [0.2, 0.25) is 0 Å². The second-order valence-corrected chi connectivity index (χ2v) is 4.65. The van der Waals surface area contributed by atoms with Crippen LogP contribution in [0.1, 0.15) is 6.42 Å². The van der Waals surface area contributed by atoms with Crippen molar-refractivity contribution in [1.82, 2.24) is 9.80 Å². The van der Waals surface area contributed by atoms with Crippen LogP contribution in [-0.2, 0) is 0 Å². The van der Waals surface area contributed by atoms with Crippen LogP contribution in [0.4, 0.5) is 0 Å². The highest BCUT2D eigenvalue weighted by Crippen LogP contribution is 2.37. The van der Waals surface area contributed by atoms with Gasteiger partial charge in [0.25, 0.3) is 0 Å². The molecule has 0 fully saturated rings. The molecule has 2 heteroatoms. The monoisotopic (exact) mass is 230 g/mol. The molecule has 0 aromatic carbocycles. The molecule has 0 unspecified atom stereocenters. The van der Waals surface area contributed by atoms with E-state index in [0.29, 0.717) is 0 Å². The van der Waals surface area contributed by atoms with Crippen LogP contribution in [0.25, 0.3) is 0 Å². The molecular formula is C15H22N2. The van der Waals surface area contributed by atoms with Crippen molar-refractivity contribution in [3.63, 3.8) is 0 Å². The van der Waals surface area contributed by atoms with Gasteiger partial charge in [-0.3, -0.25) is 0 Å². The Kier molecular flexibility index (Phi) is 4.38. The molecule has 0 radical (unpaired) electrons. The Hall–Kier alpha value is -1.70. The average Bonchev–Trinajstić information content (AvgIpc) is 2.52. The van der Waals surface area contributed by atoms with Crippen molar-refractivity contribution >= 4 is 0 Å². The summed E-state index contributed by atoms with van der Waals surface area (Å²) in [4.78, 5) is 4.14. The maximum absolute atomic E-state index is 3.91. The number of rotatable bonds is 4. The summed E-state index contributed by atoms with van der Waals surface area (Å²) in [5.74, 6) is 0. The normalized spacial score (nSPS) is 20.0. The lowest BCUT2D eigenvalue weighted by Crippen LogP contribution is -2.03. The minimum Gasteiger partial charge on any atom is -0.383 e. The van der Waals surface area contributed by atoms with Crippen LogP contribution in [0.15, 0.2) is 60.0 Å². The minimum absolute atomic E-state index is 0.944. The summed E-state index contributed by atoms with van der Waals surface area (Å²) in [7, 11) is 8.15. The van der Waals surface area contributed by atoms with Gasteiger partial charge in [-0.05, 0) is 22.3 Å². The van der Waals surface area contributed by atoms with Gasteiger partial charge in [0.2, 0.25) is 0 Å². The third kappa shape index (κ3) is 3.13. The number of hydrogen-bond acceptors (Lipinski definition) is 2. The lowest BCUT2D eigenvalue weighted by atomic mass is 10.1. The van der Waals surface area contributed by atoms with Crippen molar-refractivity contribution in [1.29, 1.82) is 0 Å². The van der Waals surface area contributed by atoms with E-state index in [-0.39, 0.29) is 0 Å². The highest BCUT2D eigenvalue weighted by atomic mass is 15.0. The molecule has 0 spiro atoms. The van der Waals surface area contributed by atoms with E-state index in [1.807, 2.05) is 40.3 Å². The van der Waals surface area contributed by atoms with Gasteiger partial charge in [-0.1, -0.05) is 25.3 Å². The fraction of sp³-hybridized carbons (Fsp3) is 0.333. The van der Waals surface area contributed by atoms with Crippen molar-refractivity contribution in [2.24, 2.45) is 0 Å². The van der Waals surface area contributed by atoms with Crippen molar-refractivity contribution in [3.8, 4) is 0 Å². The highest BCUT2D eigenvalue weighted by molar-refractivity contribution is 5.62. The molecule has 0 saturated heterocycles. The van der Waals surface area contributed by atoms with Crippen molar-refractivity contribution < 1.29 is 0 Å². The van der Waals surface area contributed by atoms with Crippen molar-refractivity contribution in [3.05, 3.63) is 60.0 Å². The van der Waals surface area contributed by atoms with Crippen LogP contribution < -0.4 is 0 Å². The van der Waals surface area contributed by atoms with Crippen LogP contribution >= 0.6 is 0 Å². The second-order valence-electron chi connectivity index (χ2n) is 4.65. The van der Waals surface area contributed by atoms with E-state index in [9.17, 15) is 0 Å². The third-order valence-corrected chi connectivity index (χ3v) is 2.60.